The molecule has 0 aliphatic rings. The third kappa shape index (κ3) is 4.46. The molecule has 0 aliphatic heterocycles. The molecule has 0 radical (unpaired) electrons. The van der Waals surface area contributed by atoms with Gasteiger partial charge in [0.1, 0.15) is 5.75 Å². The Morgan fingerprint density at radius 1 is 1.22 bits per heavy atom. The number of thioether (sulfide) groups is 1. The number of carbonyl (C=O) groups is 2. The molecule has 0 fully saturated rings. The largest absolute Gasteiger partial charge is 0.497 e. The topological polar surface area (TPSA) is 98.1 Å². The van der Waals surface area contributed by atoms with Crippen molar-refractivity contribution >= 4 is 23.6 Å². The van der Waals surface area contributed by atoms with E-state index in [0.717, 1.165) is 11.3 Å². The lowest BCUT2D eigenvalue weighted by atomic mass is 10.2. The van der Waals surface area contributed by atoms with Gasteiger partial charge in [0.25, 0.3) is 0 Å². The molecule has 2 N–H and O–H groups in total. The molecule has 1 aromatic heterocycles. The molecule has 9 heteroatoms. The van der Waals surface area contributed by atoms with Crippen LogP contribution in [0.4, 0.5) is 0 Å². The van der Waals surface area contributed by atoms with Gasteiger partial charge in [-0.15, -0.1) is 10.2 Å². The number of nitrogens with one attached hydrogen (secondary N) is 2. The number of amides is 2. The second-order valence-corrected chi connectivity index (χ2v) is 5.55. The number of carbonyl (C=O) groups excluding carboxylic acids is 2. The SMILES string of the molecule is COc1ccc(-c2nnc(SCC(=O)NNC(C)=O)n2C)cc1. The lowest BCUT2D eigenvalue weighted by Crippen LogP contribution is -2.41. The van der Waals surface area contributed by atoms with Crippen LogP contribution in [0.5, 0.6) is 5.75 Å². The minimum Gasteiger partial charge on any atom is -0.497 e. The number of nitrogens with zero attached hydrogens (tertiary/aromatic N) is 3. The van der Waals surface area contributed by atoms with Gasteiger partial charge in [-0.1, -0.05) is 11.8 Å². The van der Waals surface area contributed by atoms with Crippen molar-refractivity contribution in [1.82, 2.24) is 25.6 Å². The molecule has 2 rings (SSSR count). The van der Waals surface area contributed by atoms with Crippen LogP contribution in [0.25, 0.3) is 11.4 Å². The molecular formula is C14H17N5O3S. The van der Waals surface area contributed by atoms with E-state index in [9.17, 15) is 9.59 Å². The molecule has 0 saturated heterocycles. The Hall–Kier alpha value is -2.55. The molecular weight excluding hydrogens is 318 g/mol. The fraction of sp³-hybridized carbons (Fsp3) is 0.286. The summed E-state index contributed by atoms with van der Waals surface area (Å²) in [6, 6.07) is 7.47. The quantitative estimate of drug-likeness (QED) is 0.618. The van der Waals surface area contributed by atoms with E-state index in [1.54, 1.807) is 11.7 Å². The van der Waals surface area contributed by atoms with Gasteiger partial charge in [0, 0.05) is 19.5 Å². The van der Waals surface area contributed by atoms with Gasteiger partial charge in [0.05, 0.1) is 12.9 Å². The zero-order chi connectivity index (χ0) is 16.8. The average molecular weight is 335 g/mol. The number of ether oxygens (including phenoxy) is 1. The van der Waals surface area contributed by atoms with E-state index in [4.69, 9.17) is 4.74 Å². The van der Waals surface area contributed by atoms with Crippen molar-refractivity contribution in [3.05, 3.63) is 24.3 Å². The molecule has 1 aromatic carbocycles. The summed E-state index contributed by atoms with van der Waals surface area (Å²) in [7, 11) is 3.44. The molecule has 8 nitrogen and oxygen atoms in total. The number of hydrazine groups is 1. The van der Waals surface area contributed by atoms with Crippen LogP contribution in [0.15, 0.2) is 29.4 Å². The van der Waals surface area contributed by atoms with Crippen LogP contribution in [0.2, 0.25) is 0 Å². The van der Waals surface area contributed by atoms with E-state index in [-0.39, 0.29) is 17.6 Å². The van der Waals surface area contributed by atoms with Crippen LogP contribution in [-0.4, -0.2) is 39.4 Å². The molecule has 0 bridgehead atoms. The Labute approximate surface area is 137 Å². The van der Waals surface area contributed by atoms with Crippen LogP contribution in [-0.2, 0) is 16.6 Å². The first-order valence-electron chi connectivity index (χ1n) is 6.73. The number of aromatic nitrogens is 3. The Morgan fingerprint density at radius 3 is 2.52 bits per heavy atom. The number of hydrogen-bond acceptors (Lipinski definition) is 6. The van der Waals surface area contributed by atoms with Crippen molar-refractivity contribution in [3.63, 3.8) is 0 Å². The predicted molar refractivity (Wildman–Crippen MR) is 85.7 cm³/mol. The highest BCUT2D eigenvalue weighted by atomic mass is 32.2. The normalized spacial score (nSPS) is 10.2. The molecule has 1 heterocycles. The van der Waals surface area contributed by atoms with Crippen molar-refractivity contribution in [2.75, 3.05) is 12.9 Å². The molecule has 0 saturated carbocycles. The summed E-state index contributed by atoms with van der Waals surface area (Å²) in [5, 5.41) is 8.83. The maximum atomic E-state index is 11.6. The maximum Gasteiger partial charge on any atom is 0.248 e. The summed E-state index contributed by atoms with van der Waals surface area (Å²) in [5.74, 6) is 0.926. The van der Waals surface area contributed by atoms with E-state index >= 15 is 0 Å². The third-order valence-electron chi connectivity index (χ3n) is 2.89. The van der Waals surface area contributed by atoms with Gasteiger partial charge in [-0.3, -0.25) is 20.4 Å². The highest BCUT2D eigenvalue weighted by molar-refractivity contribution is 7.99. The summed E-state index contributed by atoms with van der Waals surface area (Å²) < 4.78 is 6.93. The van der Waals surface area contributed by atoms with Crippen LogP contribution in [0.1, 0.15) is 6.92 Å². The standard InChI is InChI=1S/C14H17N5O3S/c1-9(20)15-16-12(21)8-23-14-18-17-13(19(14)2)10-4-6-11(22-3)7-5-10/h4-7H,8H2,1-3H3,(H,15,20)(H,16,21). The average Bonchev–Trinajstić information content (AvgIpc) is 2.92. The lowest BCUT2D eigenvalue weighted by molar-refractivity contribution is -0.126. The first-order valence-corrected chi connectivity index (χ1v) is 7.72. The second kappa shape index (κ2) is 7.63. The number of benzene rings is 1. The first-order chi connectivity index (χ1) is 11.0. The molecule has 0 unspecified atom stereocenters. The molecule has 0 atom stereocenters. The molecule has 0 spiro atoms. The van der Waals surface area contributed by atoms with E-state index in [0.29, 0.717) is 11.0 Å². The minimum atomic E-state index is -0.330. The van der Waals surface area contributed by atoms with Crippen molar-refractivity contribution < 1.29 is 14.3 Å². The van der Waals surface area contributed by atoms with Gasteiger partial charge in [-0.05, 0) is 24.3 Å². The summed E-state index contributed by atoms with van der Waals surface area (Å²) in [5.41, 5.74) is 5.42. The van der Waals surface area contributed by atoms with E-state index < -0.39 is 0 Å². The number of methoxy groups -OCH3 is 1. The second-order valence-electron chi connectivity index (χ2n) is 4.61. The van der Waals surface area contributed by atoms with Crippen molar-refractivity contribution in [3.8, 4) is 17.1 Å². The predicted octanol–water partition coefficient (Wildman–Crippen LogP) is 0.750. The van der Waals surface area contributed by atoms with Crippen molar-refractivity contribution in [2.45, 2.75) is 12.1 Å². The van der Waals surface area contributed by atoms with Crippen LogP contribution >= 0.6 is 11.8 Å². The first kappa shape index (κ1) is 16.8. The fourth-order valence-corrected chi connectivity index (χ4v) is 2.47. The zero-order valence-electron chi connectivity index (χ0n) is 13.0. The number of hydrogen-bond donors (Lipinski definition) is 2. The molecule has 2 amide bonds. The maximum absolute atomic E-state index is 11.6. The molecule has 122 valence electrons. The summed E-state index contributed by atoms with van der Waals surface area (Å²) in [6.07, 6.45) is 0. The van der Waals surface area contributed by atoms with Crippen molar-refractivity contribution in [1.29, 1.82) is 0 Å². The van der Waals surface area contributed by atoms with Gasteiger partial charge >= 0.3 is 0 Å². The zero-order valence-corrected chi connectivity index (χ0v) is 13.8. The molecule has 0 aliphatic carbocycles. The number of rotatable bonds is 5. The fourth-order valence-electron chi connectivity index (χ4n) is 1.76. The monoisotopic (exact) mass is 335 g/mol. The van der Waals surface area contributed by atoms with Crippen LogP contribution in [0.3, 0.4) is 0 Å². The Balaban J connectivity index is 2.01. The Kier molecular flexibility index (Phi) is 5.58. The highest BCUT2D eigenvalue weighted by Crippen LogP contribution is 2.24. The molecule has 23 heavy (non-hydrogen) atoms. The van der Waals surface area contributed by atoms with Gasteiger partial charge in [-0.25, -0.2) is 0 Å². The van der Waals surface area contributed by atoms with Gasteiger partial charge in [0.15, 0.2) is 11.0 Å². The van der Waals surface area contributed by atoms with Gasteiger partial charge < -0.3 is 9.30 Å². The van der Waals surface area contributed by atoms with Crippen molar-refractivity contribution in [2.24, 2.45) is 7.05 Å². The minimum absolute atomic E-state index is 0.120. The summed E-state index contributed by atoms with van der Waals surface area (Å²) in [6.45, 7) is 1.32. The van der Waals surface area contributed by atoms with Gasteiger partial charge in [0.2, 0.25) is 11.8 Å². The smallest absolute Gasteiger partial charge is 0.248 e. The van der Waals surface area contributed by atoms with Crippen LogP contribution < -0.4 is 15.6 Å². The Morgan fingerprint density at radius 2 is 1.91 bits per heavy atom. The van der Waals surface area contributed by atoms with Crippen LogP contribution in [0, 0.1) is 0 Å². The molecule has 2 aromatic rings. The summed E-state index contributed by atoms with van der Waals surface area (Å²) in [4.78, 5) is 22.3. The van der Waals surface area contributed by atoms with Gasteiger partial charge in [-0.2, -0.15) is 0 Å². The van der Waals surface area contributed by atoms with E-state index in [1.165, 1.54) is 18.7 Å². The van der Waals surface area contributed by atoms with E-state index in [2.05, 4.69) is 21.0 Å². The highest BCUT2D eigenvalue weighted by Gasteiger charge is 2.13. The van der Waals surface area contributed by atoms with E-state index in [1.807, 2.05) is 31.3 Å². The lowest BCUT2D eigenvalue weighted by Gasteiger charge is -2.06. The third-order valence-corrected chi connectivity index (χ3v) is 3.91. The Bertz CT molecular complexity index is 699. The summed E-state index contributed by atoms with van der Waals surface area (Å²) >= 11 is 1.23.